The lowest BCUT2D eigenvalue weighted by molar-refractivity contribution is 0.488. The maximum Gasteiger partial charge on any atom is 0.552 e. The van der Waals surface area contributed by atoms with Crippen LogP contribution < -0.4 is 9.55 Å². The Morgan fingerprint density at radius 2 is 1.36 bits per heavy atom. The number of hydrogen-bond acceptors (Lipinski definition) is 2. The summed E-state index contributed by atoms with van der Waals surface area (Å²) in [6, 6.07) is 6.40. The van der Waals surface area contributed by atoms with E-state index in [2.05, 4.69) is 84.3 Å². The fourth-order valence-electron chi connectivity index (χ4n) is 2.32. The smallest absolute Gasteiger partial charge is 0.533 e. The van der Waals surface area contributed by atoms with Gasteiger partial charge in [0.25, 0.3) is 0 Å². The van der Waals surface area contributed by atoms with Crippen LogP contribution in [0, 0.1) is 0 Å². The highest BCUT2D eigenvalue weighted by Gasteiger charge is 2.31. The molecule has 0 fully saturated rings. The zero-order valence-corrected chi connectivity index (χ0v) is 17.4. The Morgan fingerprint density at radius 1 is 0.955 bits per heavy atom. The van der Waals surface area contributed by atoms with Gasteiger partial charge in [-0.25, -0.2) is 0 Å². The minimum atomic E-state index is -1.51. The number of halogens is 1. The molecule has 22 heavy (non-hydrogen) atoms. The lowest BCUT2D eigenvalue weighted by atomic mass is 9.79. The van der Waals surface area contributed by atoms with Crippen molar-refractivity contribution in [1.29, 1.82) is 0 Å². The first-order valence-electron chi connectivity index (χ1n) is 7.94. The van der Waals surface area contributed by atoms with E-state index in [1.54, 1.807) is 0 Å². The molecule has 0 bridgehead atoms. The lowest BCUT2D eigenvalue weighted by Crippen LogP contribution is -2.51. The van der Waals surface area contributed by atoms with E-state index in [1.165, 1.54) is 11.1 Å². The molecule has 1 N–H and O–H groups in total. The summed E-state index contributed by atoms with van der Waals surface area (Å²) >= 11 is 6.45. The van der Waals surface area contributed by atoms with Crippen molar-refractivity contribution in [2.24, 2.45) is 0 Å². The number of hydrogen-bond donors (Lipinski definition) is 1. The normalized spacial score (nSPS) is 13.2. The zero-order chi connectivity index (χ0) is 17.3. The molecule has 0 saturated carbocycles. The fourth-order valence-corrected chi connectivity index (χ4v) is 4.13. The Kier molecular flexibility index (Phi) is 5.86. The van der Waals surface area contributed by atoms with Crippen LogP contribution in [0.1, 0.15) is 52.7 Å². The molecule has 0 aliphatic carbocycles. The van der Waals surface area contributed by atoms with Crippen LogP contribution in [-0.2, 0) is 10.8 Å². The van der Waals surface area contributed by atoms with Crippen molar-refractivity contribution in [1.82, 2.24) is 4.89 Å². The standard InChI is InChI=1S/C17H31BClNOSi/c1-16(2,3)13-11-10-12-14(17(4,5)6)15(13)21-18(19)20-22(7,8)9/h10-12,20H,1-9H3. The van der Waals surface area contributed by atoms with Crippen molar-refractivity contribution in [3.8, 4) is 5.75 Å². The van der Waals surface area contributed by atoms with Gasteiger partial charge in [-0.3, -0.25) is 0 Å². The van der Waals surface area contributed by atoms with E-state index in [9.17, 15) is 0 Å². The second-order valence-electron chi connectivity index (χ2n) is 9.01. The third-order valence-electron chi connectivity index (χ3n) is 3.40. The lowest BCUT2D eigenvalue weighted by Gasteiger charge is -2.31. The van der Waals surface area contributed by atoms with E-state index in [0.29, 0.717) is 0 Å². The van der Waals surface area contributed by atoms with E-state index >= 15 is 0 Å². The predicted octanol–water partition coefficient (Wildman–Crippen LogP) is 5.31. The first kappa shape index (κ1) is 19.6. The van der Waals surface area contributed by atoms with Gasteiger partial charge in [-0.1, -0.05) is 79.4 Å². The molecule has 5 heteroatoms. The molecule has 0 amide bonds. The average Bonchev–Trinajstić information content (AvgIpc) is 2.23. The summed E-state index contributed by atoms with van der Waals surface area (Å²) in [4.78, 5) is 3.41. The number of rotatable bonds is 4. The molecule has 0 spiro atoms. The Hall–Kier alpha value is -0.448. The summed E-state index contributed by atoms with van der Waals surface area (Å²) in [5, 5.41) is 0. The van der Waals surface area contributed by atoms with E-state index in [-0.39, 0.29) is 10.8 Å². The Morgan fingerprint density at radius 3 is 1.68 bits per heavy atom. The summed E-state index contributed by atoms with van der Waals surface area (Å²) in [6.07, 6.45) is 0. The van der Waals surface area contributed by atoms with Crippen LogP contribution in [0.25, 0.3) is 0 Å². The molecule has 0 saturated heterocycles. The van der Waals surface area contributed by atoms with Gasteiger partial charge in [0.05, 0.1) is 0 Å². The quantitative estimate of drug-likeness (QED) is 0.751. The number of benzene rings is 1. The summed E-state index contributed by atoms with van der Waals surface area (Å²) < 4.78 is 6.19. The van der Waals surface area contributed by atoms with Gasteiger partial charge >= 0.3 is 6.47 Å². The van der Waals surface area contributed by atoms with Crippen LogP contribution >= 0.6 is 11.5 Å². The van der Waals surface area contributed by atoms with Crippen LogP contribution in [0.3, 0.4) is 0 Å². The van der Waals surface area contributed by atoms with E-state index in [1.807, 2.05) is 0 Å². The van der Waals surface area contributed by atoms with E-state index < -0.39 is 14.7 Å². The highest BCUT2D eigenvalue weighted by molar-refractivity contribution is 7.07. The molecule has 0 heterocycles. The van der Waals surface area contributed by atoms with Gasteiger partial charge in [-0.05, 0) is 22.0 Å². The molecule has 0 atom stereocenters. The van der Waals surface area contributed by atoms with Gasteiger partial charge in [0, 0.05) is 0 Å². The highest BCUT2D eigenvalue weighted by atomic mass is 35.5. The van der Waals surface area contributed by atoms with E-state index in [0.717, 1.165) is 5.75 Å². The predicted molar refractivity (Wildman–Crippen MR) is 103 cm³/mol. The van der Waals surface area contributed by atoms with Gasteiger partial charge in [0.15, 0.2) is 0 Å². The Labute approximate surface area is 143 Å². The third kappa shape index (κ3) is 5.64. The van der Waals surface area contributed by atoms with Gasteiger partial charge in [-0.15, -0.1) is 11.5 Å². The van der Waals surface area contributed by atoms with Gasteiger partial charge in [0.2, 0.25) is 0 Å². The molecule has 1 aromatic rings. The van der Waals surface area contributed by atoms with Crippen LogP contribution in [0.2, 0.25) is 19.6 Å². The molecule has 1 rings (SSSR count). The van der Waals surface area contributed by atoms with Crippen LogP contribution in [0.4, 0.5) is 0 Å². The van der Waals surface area contributed by atoms with Gasteiger partial charge < -0.3 is 9.55 Å². The first-order chi connectivity index (χ1) is 9.72. The monoisotopic (exact) mass is 339 g/mol. The molecule has 1 aromatic carbocycles. The largest absolute Gasteiger partial charge is 0.552 e. The second kappa shape index (κ2) is 6.58. The van der Waals surface area contributed by atoms with Crippen molar-refractivity contribution in [2.75, 3.05) is 0 Å². The molecule has 124 valence electrons. The maximum absolute atomic E-state index is 6.45. The zero-order valence-electron chi connectivity index (χ0n) is 15.6. The summed E-state index contributed by atoms with van der Waals surface area (Å²) in [5.41, 5.74) is 2.41. The number of para-hydroxylation sites is 1. The highest BCUT2D eigenvalue weighted by Crippen LogP contribution is 2.39. The Balaban J connectivity index is 3.30. The van der Waals surface area contributed by atoms with Crippen LogP contribution in [0.5, 0.6) is 5.75 Å². The molecule has 2 nitrogen and oxygen atoms in total. The number of nitrogens with one attached hydrogen (secondary N) is 1. The molecular weight excluding hydrogens is 309 g/mol. The second-order valence-corrected chi connectivity index (χ2v) is 14.2. The molecule has 0 radical (unpaired) electrons. The SMILES string of the molecule is CC(C)(C)c1cccc(C(C)(C)C)c1OB(Cl)N[Si](C)(C)C. The molecule has 0 aliphatic rings. The summed E-state index contributed by atoms with van der Waals surface area (Å²) in [6.45, 7) is 19.4. The van der Waals surface area contributed by atoms with Crippen molar-refractivity contribution < 1.29 is 4.65 Å². The van der Waals surface area contributed by atoms with Crippen molar-refractivity contribution >= 4 is 26.2 Å². The summed E-state index contributed by atoms with van der Waals surface area (Å²) in [7, 11) is -1.51. The van der Waals surface area contributed by atoms with Crippen molar-refractivity contribution in [3.05, 3.63) is 29.3 Å². The molecule has 0 aromatic heterocycles. The topological polar surface area (TPSA) is 21.3 Å². The minimum absolute atomic E-state index is 0.00631. The molecular formula is C17H31BClNOSi. The van der Waals surface area contributed by atoms with Gasteiger partial charge in [-0.2, -0.15) is 0 Å². The average molecular weight is 340 g/mol. The molecule has 0 unspecified atom stereocenters. The van der Waals surface area contributed by atoms with Crippen LogP contribution in [-0.4, -0.2) is 14.7 Å². The van der Waals surface area contributed by atoms with Crippen molar-refractivity contribution in [3.63, 3.8) is 0 Å². The minimum Gasteiger partial charge on any atom is -0.533 e. The third-order valence-corrected chi connectivity index (χ3v) is 4.91. The fraction of sp³-hybridized carbons (Fsp3) is 0.647. The molecule has 0 aliphatic heterocycles. The summed E-state index contributed by atoms with van der Waals surface area (Å²) in [5.74, 6) is 0.924. The maximum atomic E-state index is 6.45. The Bertz CT molecular complexity index is 483. The van der Waals surface area contributed by atoms with Crippen LogP contribution in [0.15, 0.2) is 18.2 Å². The van der Waals surface area contributed by atoms with Crippen molar-refractivity contribution in [2.45, 2.75) is 72.0 Å². The first-order valence-corrected chi connectivity index (χ1v) is 11.9. The van der Waals surface area contributed by atoms with E-state index in [4.69, 9.17) is 16.1 Å². The van der Waals surface area contributed by atoms with Gasteiger partial charge in [0.1, 0.15) is 14.0 Å².